The molecule has 2 amide bonds. The number of piperidine rings is 1. The Morgan fingerprint density at radius 3 is 2.94 bits per heavy atom. The zero-order valence-corrected chi connectivity index (χ0v) is 11.0. The molecule has 4 heteroatoms. The van der Waals surface area contributed by atoms with Crippen LogP contribution in [0, 0.1) is 6.92 Å². The van der Waals surface area contributed by atoms with Crippen LogP contribution in [0.25, 0.3) is 0 Å². The van der Waals surface area contributed by atoms with Crippen LogP contribution in [0.1, 0.15) is 25.3 Å². The number of hydrogen-bond donors (Lipinski definition) is 2. The van der Waals surface area contributed by atoms with Gasteiger partial charge in [-0.25, -0.2) is 4.79 Å². The van der Waals surface area contributed by atoms with Crippen LogP contribution in [0.3, 0.4) is 0 Å². The molecule has 1 aromatic carbocycles. The maximum Gasteiger partial charge on any atom is 0.322 e. The minimum absolute atomic E-state index is 0.0278. The standard InChI is InChI=1S/C14H21N3O/c1-10-4-3-5-13(8-10)16-14(18)17-7-6-12(15)9-11(17)2/h3-5,8,11-12H,6-7,9,15H2,1-2H3,(H,16,18). The van der Waals surface area contributed by atoms with Crippen molar-refractivity contribution in [2.45, 2.75) is 38.8 Å². The predicted octanol–water partition coefficient (Wildman–Crippen LogP) is 2.34. The normalized spacial score (nSPS) is 23.8. The summed E-state index contributed by atoms with van der Waals surface area (Å²) in [5.74, 6) is 0. The lowest BCUT2D eigenvalue weighted by atomic mass is 10.00. The summed E-state index contributed by atoms with van der Waals surface area (Å²) in [4.78, 5) is 14.0. The molecule has 1 saturated heterocycles. The number of anilines is 1. The van der Waals surface area contributed by atoms with Gasteiger partial charge in [-0.3, -0.25) is 0 Å². The van der Waals surface area contributed by atoms with Crippen molar-refractivity contribution in [1.29, 1.82) is 0 Å². The molecule has 98 valence electrons. The number of rotatable bonds is 1. The molecule has 2 unspecified atom stereocenters. The number of carbonyl (C=O) groups is 1. The van der Waals surface area contributed by atoms with Gasteiger partial charge in [0, 0.05) is 24.3 Å². The van der Waals surface area contributed by atoms with Crippen LogP contribution in [0.4, 0.5) is 10.5 Å². The highest BCUT2D eigenvalue weighted by Crippen LogP contribution is 2.18. The summed E-state index contributed by atoms with van der Waals surface area (Å²) in [6.45, 7) is 4.80. The van der Waals surface area contributed by atoms with Gasteiger partial charge >= 0.3 is 6.03 Å². The molecule has 0 radical (unpaired) electrons. The van der Waals surface area contributed by atoms with Gasteiger partial charge < -0.3 is 16.0 Å². The van der Waals surface area contributed by atoms with Crippen molar-refractivity contribution in [3.8, 4) is 0 Å². The Morgan fingerprint density at radius 2 is 2.28 bits per heavy atom. The largest absolute Gasteiger partial charge is 0.328 e. The lowest BCUT2D eigenvalue weighted by Crippen LogP contribution is -2.49. The molecule has 1 aromatic rings. The second-order valence-corrected chi connectivity index (χ2v) is 5.13. The van der Waals surface area contributed by atoms with Gasteiger partial charge in [0.05, 0.1) is 0 Å². The van der Waals surface area contributed by atoms with E-state index in [4.69, 9.17) is 5.73 Å². The van der Waals surface area contributed by atoms with E-state index in [2.05, 4.69) is 12.2 Å². The summed E-state index contributed by atoms with van der Waals surface area (Å²) in [5.41, 5.74) is 7.89. The van der Waals surface area contributed by atoms with Crippen molar-refractivity contribution < 1.29 is 4.79 Å². The lowest BCUT2D eigenvalue weighted by molar-refractivity contribution is 0.163. The third-order valence-electron chi connectivity index (χ3n) is 3.45. The van der Waals surface area contributed by atoms with Gasteiger partial charge in [0.25, 0.3) is 0 Å². The fourth-order valence-corrected chi connectivity index (χ4v) is 2.43. The van der Waals surface area contributed by atoms with Crippen molar-refractivity contribution in [2.75, 3.05) is 11.9 Å². The van der Waals surface area contributed by atoms with Crippen LogP contribution in [0.5, 0.6) is 0 Å². The number of nitrogens with one attached hydrogen (secondary N) is 1. The summed E-state index contributed by atoms with van der Waals surface area (Å²) in [6, 6.07) is 8.24. The monoisotopic (exact) mass is 247 g/mol. The van der Waals surface area contributed by atoms with Gasteiger partial charge in [-0.1, -0.05) is 12.1 Å². The first kappa shape index (κ1) is 12.9. The lowest BCUT2D eigenvalue weighted by Gasteiger charge is -2.36. The number of likely N-dealkylation sites (tertiary alicyclic amines) is 1. The summed E-state index contributed by atoms with van der Waals surface area (Å²) in [5, 5.41) is 2.94. The van der Waals surface area contributed by atoms with Crippen LogP contribution in [0.15, 0.2) is 24.3 Å². The van der Waals surface area contributed by atoms with Gasteiger partial charge in [0.1, 0.15) is 0 Å². The maximum atomic E-state index is 12.2. The second-order valence-electron chi connectivity index (χ2n) is 5.13. The molecule has 1 heterocycles. The molecule has 1 fully saturated rings. The number of nitrogens with two attached hydrogens (primary N) is 1. The molecule has 18 heavy (non-hydrogen) atoms. The number of aryl methyl sites for hydroxylation is 1. The number of nitrogens with zero attached hydrogens (tertiary/aromatic N) is 1. The van der Waals surface area contributed by atoms with E-state index in [1.807, 2.05) is 36.1 Å². The Kier molecular flexibility index (Phi) is 3.87. The highest BCUT2D eigenvalue weighted by molar-refractivity contribution is 5.89. The SMILES string of the molecule is Cc1cccc(NC(=O)N2CCC(N)CC2C)c1. The Hall–Kier alpha value is -1.55. The van der Waals surface area contributed by atoms with Crippen LogP contribution in [0.2, 0.25) is 0 Å². The maximum absolute atomic E-state index is 12.2. The van der Waals surface area contributed by atoms with Gasteiger partial charge in [-0.15, -0.1) is 0 Å². The molecular formula is C14H21N3O. The topological polar surface area (TPSA) is 58.4 Å². The van der Waals surface area contributed by atoms with Crippen LogP contribution >= 0.6 is 0 Å². The van der Waals surface area contributed by atoms with Crippen molar-refractivity contribution >= 4 is 11.7 Å². The van der Waals surface area contributed by atoms with E-state index in [1.54, 1.807) is 0 Å². The summed E-state index contributed by atoms with van der Waals surface area (Å²) < 4.78 is 0. The van der Waals surface area contributed by atoms with E-state index in [-0.39, 0.29) is 18.1 Å². The number of benzene rings is 1. The third-order valence-corrected chi connectivity index (χ3v) is 3.45. The number of hydrogen-bond acceptors (Lipinski definition) is 2. The summed E-state index contributed by atoms with van der Waals surface area (Å²) >= 11 is 0. The minimum atomic E-state index is -0.0278. The quantitative estimate of drug-likeness (QED) is 0.800. The molecule has 0 spiro atoms. The van der Waals surface area contributed by atoms with Gasteiger partial charge in [-0.2, -0.15) is 0 Å². The van der Waals surface area contributed by atoms with E-state index in [0.717, 1.165) is 30.6 Å². The van der Waals surface area contributed by atoms with Crippen molar-refractivity contribution in [3.63, 3.8) is 0 Å². The molecule has 4 nitrogen and oxygen atoms in total. The number of carbonyl (C=O) groups excluding carboxylic acids is 1. The van der Waals surface area contributed by atoms with Gasteiger partial charge in [0.15, 0.2) is 0 Å². The first-order valence-corrected chi connectivity index (χ1v) is 6.46. The van der Waals surface area contributed by atoms with Crippen LogP contribution < -0.4 is 11.1 Å². The first-order chi connectivity index (χ1) is 8.56. The Bertz CT molecular complexity index is 433. The summed E-state index contributed by atoms with van der Waals surface area (Å²) in [7, 11) is 0. The van der Waals surface area contributed by atoms with Crippen molar-refractivity contribution in [1.82, 2.24) is 4.90 Å². The molecule has 1 aliphatic heterocycles. The van der Waals surface area contributed by atoms with Crippen LogP contribution in [-0.2, 0) is 0 Å². The molecule has 2 rings (SSSR count). The number of amides is 2. The fourth-order valence-electron chi connectivity index (χ4n) is 2.43. The Labute approximate surface area is 108 Å². The Morgan fingerprint density at radius 1 is 1.50 bits per heavy atom. The van der Waals surface area contributed by atoms with Crippen molar-refractivity contribution in [3.05, 3.63) is 29.8 Å². The van der Waals surface area contributed by atoms with E-state index < -0.39 is 0 Å². The van der Waals surface area contributed by atoms with E-state index in [1.165, 1.54) is 0 Å². The average molecular weight is 247 g/mol. The molecular weight excluding hydrogens is 226 g/mol. The minimum Gasteiger partial charge on any atom is -0.328 e. The molecule has 0 aromatic heterocycles. The zero-order valence-electron chi connectivity index (χ0n) is 11.0. The smallest absolute Gasteiger partial charge is 0.322 e. The molecule has 0 saturated carbocycles. The summed E-state index contributed by atoms with van der Waals surface area (Å²) in [6.07, 6.45) is 1.76. The zero-order chi connectivity index (χ0) is 13.1. The second kappa shape index (κ2) is 5.40. The highest BCUT2D eigenvalue weighted by Gasteiger charge is 2.26. The fraction of sp³-hybridized carbons (Fsp3) is 0.500. The van der Waals surface area contributed by atoms with Gasteiger partial charge in [0.2, 0.25) is 0 Å². The average Bonchev–Trinajstić information content (AvgIpc) is 2.28. The third kappa shape index (κ3) is 3.01. The molecule has 0 bridgehead atoms. The highest BCUT2D eigenvalue weighted by atomic mass is 16.2. The van der Waals surface area contributed by atoms with E-state index >= 15 is 0 Å². The first-order valence-electron chi connectivity index (χ1n) is 6.46. The van der Waals surface area contributed by atoms with Crippen LogP contribution in [-0.4, -0.2) is 29.6 Å². The Balaban J connectivity index is 1.99. The van der Waals surface area contributed by atoms with Gasteiger partial charge in [-0.05, 0) is 44.4 Å². The van der Waals surface area contributed by atoms with Crippen molar-refractivity contribution in [2.24, 2.45) is 5.73 Å². The molecule has 3 N–H and O–H groups in total. The van der Waals surface area contributed by atoms with E-state index in [0.29, 0.717) is 0 Å². The number of urea groups is 1. The molecule has 2 atom stereocenters. The van der Waals surface area contributed by atoms with E-state index in [9.17, 15) is 4.79 Å². The molecule has 1 aliphatic rings. The predicted molar refractivity (Wildman–Crippen MR) is 73.6 cm³/mol. The molecule has 0 aliphatic carbocycles.